The highest BCUT2D eigenvalue weighted by atomic mass is 35.5. The summed E-state index contributed by atoms with van der Waals surface area (Å²) in [5, 5.41) is 44.1. The number of esters is 3. The van der Waals surface area contributed by atoms with Crippen LogP contribution in [0.3, 0.4) is 0 Å². The van der Waals surface area contributed by atoms with Gasteiger partial charge in [0.1, 0.15) is 48.5 Å². The lowest BCUT2D eigenvalue weighted by atomic mass is 9.77. The third-order valence-corrected chi connectivity index (χ3v) is 23.1. The molecule has 9 aromatic rings. The number of nitrogens with zero attached hydrogens (tertiary/aromatic N) is 9. The number of aryl methyl sites for hydroxylation is 1. The van der Waals surface area contributed by atoms with Crippen LogP contribution in [0.1, 0.15) is 201 Å². The van der Waals surface area contributed by atoms with Gasteiger partial charge < -0.3 is 58.7 Å². The number of oxazole rings is 3. The number of carbonyl (C=O) groups excluding carboxylic acids is 3. The van der Waals surface area contributed by atoms with Crippen molar-refractivity contribution in [3.63, 3.8) is 0 Å². The molecule has 3 aromatic carbocycles. The van der Waals surface area contributed by atoms with Crippen molar-refractivity contribution in [1.29, 1.82) is 0 Å². The maximum atomic E-state index is 14.5. The van der Waals surface area contributed by atoms with Gasteiger partial charge in [0.25, 0.3) is 0 Å². The predicted octanol–water partition coefficient (Wildman–Crippen LogP) is 15.8. The second-order valence-corrected chi connectivity index (χ2v) is 30.2. The summed E-state index contributed by atoms with van der Waals surface area (Å²) in [7, 11) is 1.33. The molecule has 0 bridgehead atoms. The van der Waals surface area contributed by atoms with Crippen LogP contribution >= 0.6 is 57.2 Å². The smallest absolute Gasteiger partial charge is 0.357 e. The fraction of sp³-hybridized carbons (Fsp3) is 0.321. The number of methoxy groups -OCH3 is 1. The van der Waals surface area contributed by atoms with Crippen LogP contribution < -0.4 is 16.0 Å². The van der Waals surface area contributed by atoms with Gasteiger partial charge in [-0.3, -0.25) is 15.0 Å². The van der Waals surface area contributed by atoms with E-state index >= 15 is 0 Å². The largest absolute Gasteiger partial charge is 0.476 e. The number of carbonyl (C=O) groups is 6. The molecule has 2 saturated carbocycles. The number of hydrogen-bond donors (Lipinski definition) is 6. The van der Waals surface area contributed by atoms with Gasteiger partial charge in [0, 0.05) is 86.3 Å². The van der Waals surface area contributed by atoms with Gasteiger partial charge in [-0.1, -0.05) is 53.5 Å². The van der Waals surface area contributed by atoms with Gasteiger partial charge in [-0.25, -0.2) is 76.2 Å². The molecular formula is C78H70Cl2F4N12O15S3. The topological polar surface area (TPSA) is 381 Å². The van der Waals surface area contributed by atoms with Crippen LogP contribution in [0.5, 0.6) is 0 Å². The number of aromatic nitrogens is 6. The lowest BCUT2D eigenvalue weighted by Gasteiger charge is -2.34. The number of rotatable bonds is 20. The second kappa shape index (κ2) is 35.8. The van der Waals surface area contributed by atoms with Crippen LogP contribution in [0.4, 0.5) is 17.6 Å². The summed E-state index contributed by atoms with van der Waals surface area (Å²) in [6.45, 7) is 5.42. The number of halogens is 6. The highest BCUT2D eigenvalue weighted by Crippen LogP contribution is 2.48. The number of thiazole rings is 3. The van der Waals surface area contributed by atoms with Crippen LogP contribution in [0.15, 0.2) is 170 Å². The zero-order valence-corrected chi connectivity index (χ0v) is 64.9. The van der Waals surface area contributed by atoms with Gasteiger partial charge in [-0.15, -0.1) is 34.0 Å². The molecule has 0 radical (unpaired) electrons. The summed E-state index contributed by atoms with van der Waals surface area (Å²) < 4.78 is 89.1. The normalized spacial score (nSPS) is 20.9. The quantitative estimate of drug-likeness (QED) is 0.0179. The van der Waals surface area contributed by atoms with E-state index in [1.807, 2.05) is 16.8 Å². The lowest BCUT2D eigenvalue weighted by Crippen LogP contribution is -2.38. The molecule has 2 fully saturated rings. The van der Waals surface area contributed by atoms with E-state index in [9.17, 15) is 46.3 Å². The molecule has 9 heterocycles. The Morgan fingerprint density at radius 2 is 0.965 bits per heavy atom. The molecule has 3 aliphatic carbocycles. The molecule has 27 nitrogen and oxygen atoms in total. The number of carboxylic acids is 3. The summed E-state index contributed by atoms with van der Waals surface area (Å²) in [4.78, 5) is 113. The van der Waals surface area contributed by atoms with E-state index in [0.29, 0.717) is 149 Å². The molecule has 0 amide bonds. The van der Waals surface area contributed by atoms with E-state index in [2.05, 4.69) is 50.8 Å². The van der Waals surface area contributed by atoms with E-state index in [-0.39, 0.29) is 93.3 Å². The van der Waals surface area contributed by atoms with Gasteiger partial charge in [0.15, 0.2) is 73.0 Å². The van der Waals surface area contributed by atoms with Gasteiger partial charge in [-0.2, -0.15) is 0 Å². The molecule has 6 aliphatic rings. The summed E-state index contributed by atoms with van der Waals surface area (Å²) in [5.41, 5.74) is 4.86. The molecule has 36 heteroatoms. The van der Waals surface area contributed by atoms with E-state index in [0.717, 1.165) is 36.1 Å². The van der Waals surface area contributed by atoms with Crippen molar-refractivity contribution >= 4 is 116 Å². The van der Waals surface area contributed by atoms with Crippen molar-refractivity contribution in [3.05, 3.63) is 247 Å². The molecule has 6 N–H and O–H groups in total. The van der Waals surface area contributed by atoms with Crippen molar-refractivity contribution in [2.75, 3.05) is 20.3 Å². The number of aliphatic imine (C=N–C) groups is 3. The van der Waals surface area contributed by atoms with Crippen molar-refractivity contribution in [2.45, 2.75) is 121 Å². The summed E-state index contributed by atoms with van der Waals surface area (Å²) in [6.07, 6.45) is 17.1. The fourth-order valence-electron chi connectivity index (χ4n) is 14.5. The minimum absolute atomic E-state index is 0.0163. The third-order valence-electron chi connectivity index (χ3n) is 20.0. The molecule has 4 unspecified atom stereocenters. The summed E-state index contributed by atoms with van der Waals surface area (Å²) >= 11 is 16.7. The van der Waals surface area contributed by atoms with E-state index in [4.69, 9.17) is 76.0 Å². The van der Waals surface area contributed by atoms with Crippen LogP contribution in [0.25, 0.3) is 5.57 Å². The number of nitrogens with one attached hydrogen (secondary N) is 3. The maximum Gasteiger partial charge on any atom is 0.357 e. The first-order valence-electron chi connectivity index (χ1n) is 36.0. The van der Waals surface area contributed by atoms with E-state index < -0.39 is 76.4 Å². The first kappa shape index (κ1) is 80.7. The Morgan fingerprint density at radius 3 is 1.39 bits per heavy atom. The monoisotopic (exact) mass is 1660 g/mol. The van der Waals surface area contributed by atoms with Gasteiger partial charge in [0.05, 0.1) is 47.1 Å². The molecule has 592 valence electrons. The number of benzene rings is 3. The second-order valence-electron chi connectivity index (χ2n) is 26.7. The van der Waals surface area contributed by atoms with Crippen LogP contribution in [-0.4, -0.2) is 119 Å². The minimum Gasteiger partial charge on any atom is -0.476 e. The van der Waals surface area contributed by atoms with Gasteiger partial charge >= 0.3 is 35.8 Å². The molecule has 15 rings (SSSR count). The van der Waals surface area contributed by atoms with Crippen molar-refractivity contribution < 1.29 is 89.1 Å². The number of amidine groups is 3. The highest BCUT2D eigenvalue weighted by molar-refractivity contribution is 7.12. The molecule has 6 aromatic heterocycles. The SMILES string of the molecule is CCOC(=O)C1=C(C2CC=C(c3nc(C(=O)O)co3)CC2)NC(c2nccs2)=NC1c1ccc(F)c(F)c1Cl.CCOC(=O)C1=C(C2CCC(c3nc(C(=O)O)co3)CC2)NC(c2nccs2)=NC1c1cccc(F)c1Cl.COC(=O)C1=C(C2CCC(c3nc(C(=O)O)co3)CC2)NC(c2nccs2)=NC1c1ccc(F)cc1C. The Morgan fingerprint density at radius 1 is 0.526 bits per heavy atom. The van der Waals surface area contributed by atoms with Crippen molar-refractivity contribution in [2.24, 2.45) is 32.7 Å². The van der Waals surface area contributed by atoms with Gasteiger partial charge in [0.2, 0.25) is 5.89 Å². The third kappa shape index (κ3) is 17.6. The van der Waals surface area contributed by atoms with Crippen molar-refractivity contribution in [3.8, 4) is 0 Å². The standard InChI is InChI=1S/C26H21ClF2N4O5S.C26H24ClFN4O5S.C26H25FN4O5S/c1-2-37-26(36)17-20(12-3-5-13(6-4-12)23-31-16(11-38-23)25(34)35)32-22(24-30-9-10-39-24)33-21(17)14-7-8-15(28)19(29)18(14)27;1-2-36-26(35)18-20(13-6-8-14(9-7-13)23-30-17(12-37-23)25(33)34)31-22(24-29-10-11-38-24)32-21(18)15-4-3-5-16(28)19(15)27;1-13-11-16(27)7-8-17(13)21-19(26(34)35-2)20(30-22(31-21)24-28-9-10-37-24)14-3-5-15(6-4-14)23-29-18(12-36-23)25(32)33/h5,7-12,21H,2-4,6H2,1H3,(H,32,33)(H,34,35);3-5,10-14,21H,2,6-9H2,1H3,(H,31,32)(H,33,34);7-12,14-15,21H,3-6H2,1-2H3,(H,30,31)(H,32,33). The molecule has 4 atom stereocenters. The average Bonchev–Trinajstić information content (AvgIpc) is 1.06. The average molecular weight is 1660 g/mol. The number of ether oxygens (including phenoxy) is 3. The Hall–Kier alpha value is -11.3. The molecule has 0 spiro atoms. The Balaban J connectivity index is 0.000000149. The summed E-state index contributed by atoms with van der Waals surface area (Å²) in [5.74, 6) is -6.50. The number of allylic oxidation sites excluding steroid dienone is 5. The maximum absolute atomic E-state index is 14.5. The first-order chi connectivity index (χ1) is 55.0. The van der Waals surface area contributed by atoms with E-state index in [1.54, 1.807) is 56.9 Å². The van der Waals surface area contributed by atoms with Crippen LogP contribution in [-0.2, 0) is 28.6 Å². The first-order valence-corrected chi connectivity index (χ1v) is 39.4. The molecule has 0 saturated heterocycles. The number of aromatic carboxylic acids is 3. The van der Waals surface area contributed by atoms with Crippen molar-refractivity contribution in [1.82, 2.24) is 45.9 Å². The summed E-state index contributed by atoms with van der Waals surface area (Å²) in [6, 6.07) is 8.47. The zero-order valence-electron chi connectivity index (χ0n) is 61.0. The number of carboxylic acid groups (broad SMARTS) is 3. The van der Waals surface area contributed by atoms with Gasteiger partial charge in [-0.05, 0) is 139 Å². The minimum atomic E-state index is -1.24. The zero-order chi connectivity index (χ0) is 80.6. The predicted molar refractivity (Wildman–Crippen MR) is 409 cm³/mol. The lowest BCUT2D eigenvalue weighted by molar-refractivity contribution is -0.140. The Kier molecular flexibility index (Phi) is 25.3. The molecule has 114 heavy (non-hydrogen) atoms. The Labute approximate surface area is 668 Å². The van der Waals surface area contributed by atoms with Crippen LogP contribution in [0.2, 0.25) is 10.0 Å². The number of hydrogen-bond acceptors (Lipinski definition) is 27. The Bertz CT molecular complexity index is 5370. The molecular weight excluding hydrogens is 1590 g/mol. The fourth-order valence-corrected chi connectivity index (χ4v) is 16.8. The van der Waals surface area contributed by atoms with Crippen LogP contribution in [0, 0.1) is 47.9 Å². The highest BCUT2D eigenvalue weighted by Gasteiger charge is 2.43. The molecule has 3 aliphatic heterocycles. The van der Waals surface area contributed by atoms with E-state index in [1.165, 1.54) is 71.5 Å².